The smallest absolute Gasteiger partial charge is 0.0184 e. The molecule has 0 aromatic carbocycles. The van der Waals surface area contributed by atoms with Gasteiger partial charge < -0.3 is 5.73 Å². The standard InChI is InChI=1S/C11H22N2/c1-9-8-10(12)4-7-13(9)11(2)5-3-6-11/h9-10H,3-8,12H2,1-2H3. The van der Waals surface area contributed by atoms with Crippen LogP contribution in [0.5, 0.6) is 0 Å². The minimum atomic E-state index is 0.454. The van der Waals surface area contributed by atoms with Gasteiger partial charge in [-0.3, -0.25) is 4.90 Å². The Morgan fingerprint density at radius 2 is 2.08 bits per heavy atom. The molecular formula is C11H22N2. The van der Waals surface area contributed by atoms with Crippen molar-refractivity contribution in [3.05, 3.63) is 0 Å². The molecule has 13 heavy (non-hydrogen) atoms. The van der Waals surface area contributed by atoms with E-state index in [1.54, 1.807) is 0 Å². The Morgan fingerprint density at radius 3 is 2.54 bits per heavy atom. The van der Waals surface area contributed by atoms with E-state index in [1.165, 1.54) is 38.6 Å². The molecule has 0 aromatic rings. The SMILES string of the molecule is CC1CC(N)CCN1C1(C)CCC1. The summed E-state index contributed by atoms with van der Waals surface area (Å²) in [5.74, 6) is 0. The molecule has 1 aliphatic carbocycles. The van der Waals surface area contributed by atoms with Crippen molar-refractivity contribution in [2.24, 2.45) is 5.73 Å². The molecule has 0 radical (unpaired) electrons. The van der Waals surface area contributed by atoms with Crippen LogP contribution in [0.4, 0.5) is 0 Å². The van der Waals surface area contributed by atoms with E-state index in [0.29, 0.717) is 17.6 Å². The van der Waals surface area contributed by atoms with Crippen LogP contribution >= 0.6 is 0 Å². The average molecular weight is 182 g/mol. The molecule has 1 aliphatic heterocycles. The van der Waals surface area contributed by atoms with E-state index in [1.807, 2.05) is 0 Å². The first kappa shape index (κ1) is 9.47. The van der Waals surface area contributed by atoms with Crippen LogP contribution < -0.4 is 5.73 Å². The normalized spacial score (nSPS) is 39.9. The van der Waals surface area contributed by atoms with E-state index in [0.717, 1.165) is 0 Å². The molecule has 0 spiro atoms. The lowest BCUT2D eigenvalue weighted by Crippen LogP contribution is -2.59. The van der Waals surface area contributed by atoms with Gasteiger partial charge in [0.05, 0.1) is 0 Å². The van der Waals surface area contributed by atoms with Crippen molar-refractivity contribution in [1.29, 1.82) is 0 Å². The average Bonchev–Trinajstić information content (AvgIpc) is 2.00. The van der Waals surface area contributed by atoms with E-state index in [-0.39, 0.29) is 0 Å². The quantitative estimate of drug-likeness (QED) is 0.669. The van der Waals surface area contributed by atoms with Gasteiger partial charge in [0.15, 0.2) is 0 Å². The minimum Gasteiger partial charge on any atom is -0.328 e. The van der Waals surface area contributed by atoms with Gasteiger partial charge in [0, 0.05) is 24.2 Å². The van der Waals surface area contributed by atoms with Crippen LogP contribution in [0, 0.1) is 0 Å². The predicted molar refractivity (Wildman–Crippen MR) is 55.6 cm³/mol. The summed E-state index contributed by atoms with van der Waals surface area (Å²) in [6, 6.07) is 1.16. The topological polar surface area (TPSA) is 29.3 Å². The molecule has 1 saturated carbocycles. The number of likely N-dealkylation sites (tertiary alicyclic amines) is 1. The number of rotatable bonds is 1. The summed E-state index contributed by atoms with van der Waals surface area (Å²) >= 11 is 0. The molecule has 2 heteroatoms. The molecule has 0 bridgehead atoms. The summed E-state index contributed by atoms with van der Waals surface area (Å²) in [6.45, 7) is 5.98. The van der Waals surface area contributed by atoms with Gasteiger partial charge in [0.25, 0.3) is 0 Å². The predicted octanol–water partition coefficient (Wildman–Crippen LogP) is 1.74. The van der Waals surface area contributed by atoms with Gasteiger partial charge in [0.2, 0.25) is 0 Å². The third-order valence-corrected chi connectivity index (χ3v) is 4.04. The van der Waals surface area contributed by atoms with Gasteiger partial charge in [0.1, 0.15) is 0 Å². The van der Waals surface area contributed by atoms with Gasteiger partial charge >= 0.3 is 0 Å². The van der Waals surface area contributed by atoms with Crippen molar-refractivity contribution in [1.82, 2.24) is 4.90 Å². The molecule has 0 aromatic heterocycles. The van der Waals surface area contributed by atoms with Gasteiger partial charge in [-0.1, -0.05) is 0 Å². The fourth-order valence-electron chi connectivity index (χ4n) is 2.99. The number of hydrogen-bond acceptors (Lipinski definition) is 2. The zero-order valence-corrected chi connectivity index (χ0v) is 8.92. The monoisotopic (exact) mass is 182 g/mol. The lowest BCUT2D eigenvalue weighted by Gasteiger charge is -2.53. The second-order valence-corrected chi connectivity index (χ2v) is 5.18. The summed E-state index contributed by atoms with van der Waals surface area (Å²) in [5.41, 5.74) is 6.49. The molecule has 2 fully saturated rings. The Bertz CT molecular complexity index is 187. The summed E-state index contributed by atoms with van der Waals surface area (Å²) in [4.78, 5) is 2.69. The van der Waals surface area contributed by atoms with Crippen LogP contribution in [-0.2, 0) is 0 Å². The Kier molecular flexibility index (Phi) is 2.37. The number of nitrogens with zero attached hydrogens (tertiary/aromatic N) is 1. The van der Waals surface area contributed by atoms with Gasteiger partial charge in [-0.2, -0.15) is 0 Å². The molecule has 2 nitrogen and oxygen atoms in total. The van der Waals surface area contributed by atoms with E-state index >= 15 is 0 Å². The molecular weight excluding hydrogens is 160 g/mol. The summed E-state index contributed by atoms with van der Waals surface area (Å²) in [6.07, 6.45) is 6.60. The Balaban J connectivity index is 1.99. The van der Waals surface area contributed by atoms with Crippen LogP contribution in [-0.4, -0.2) is 29.1 Å². The zero-order chi connectivity index (χ0) is 9.47. The van der Waals surface area contributed by atoms with Crippen molar-refractivity contribution < 1.29 is 0 Å². The molecule has 1 heterocycles. The number of hydrogen-bond donors (Lipinski definition) is 1. The Hall–Kier alpha value is -0.0800. The number of piperidine rings is 1. The van der Waals surface area contributed by atoms with E-state index in [9.17, 15) is 0 Å². The molecule has 76 valence electrons. The summed E-state index contributed by atoms with van der Waals surface area (Å²) in [5, 5.41) is 0. The van der Waals surface area contributed by atoms with Crippen LogP contribution in [0.15, 0.2) is 0 Å². The molecule has 0 amide bonds. The second-order valence-electron chi connectivity index (χ2n) is 5.18. The largest absolute Gasteiger partial charge is 0.328 e. The fourth-order valence-corrected chi connectivity index (χ4v) is 2.99. The van der Waals surface area contributed by atoms with Crippen molar-refractivity contribution in [3.63, 3.8) is 0 Å². The summed E-state index contributed by atoms with van der Waals surface area (Å²) in [7, 11) is 0. The lowest BCUT2D eigenvalue weighted by molar-refractivity contribution is -0.0202. The first-order valence-electron chi connectivity index (χ1n) is 5.64. The van der Waals surface area contributed by atoms with Crippen LogP contribution in [0.1, 0.15) is 46.0 Å². The van der Waals surface area contributed by atoms with Crippen molar-refractivity contribution in [2.75, 3.05) is 6.54 Å². The van der Waals surface area contributed by atoms with Crippen LogP contribution in [0.25, 0.3) is 0 Å². The van der Waals surface area contributed by atoms with Crippen molar-refractivity contribution in [2.45, 2.75) is 63.6 Å². The van der Waals surface area contributed by atoms with Crippen molar-refractivity contribution in [3.8, 4) is 0 Å². The molecule has 1 saturated heterocycles. The molecule has 2 N–H and O–H groups in total. The highest BCUT2D eigenvalue weighted by atomic mass is 15.2. The maximum atomic E-state index is 5.96. The highest BCUT2D eigenvalue weighted by Crippen LogP contribution is 2.40. The zero-order valence-electron chi connectivity index (χ0n) is 8.92. The van der Waals surface area contributed by atoms with Gasteiger partial charge in [-0.15, -0.1) is 0 Å². The van der Waals surface area contributed by atoms with Crippen molar-refractivity contribution >= 4 is 0 Å². The molecule has 2 aliphatic rings. The van der Waals surface area contributed by atoms with Crippen LogP contribution in [0.3, 0.4) is 0 Å². The minimum absolute atomic E-state index is 0.454. The second kappa shape index (κ2) is 3.25. The van der Waals surface area contributed by atoms with Gasteiger partial charge in [-0.05, 0) is 46.0 Å². The summed E-state index contributed by atoms with van der Waals surface area (Å²) < 4.78 is 0. The fraction of sp³-hybridized carbons (Fsp3) is 1.00. The molecule has 2 atom stereocenters. The van der Waals surface area contributed by atoms with Gasteiger partial charge in [-0.25, -0.2) is 0 Å². The third-order valence-electron chi connectivity index (χ3n) is 4.04. The van der Waals surface area contributed by atoms with E-state index in [4.69, 9.17) is 5.73 Å². The Morgan fingerprint density at radius 1 is 1.38 bits per heavy atom. The molecule has 2 unspecified atom stereocenters. The molecule has 2 rings (SSSR count). The highest BCUT2D eigenvalue weighted by molar-refractivity contribution is 4.98. The van der Waals surface area contributed by atoms with E-state index in [2.05, 4.69) is 18.7 Å². The first-order chi connectivity index (χ1) is 6.12. The maximum absolute atomic E-state index is 5.96. The lowest BCUT2D eigenvalue weighted by atomic mass is 9.75. The first-order valence-corrected chi connectivity index (χ1v) is 5.64. The Labute approximate surface area is 81.5 Å². The number of nitrogens with two attached hydrogens (primary N) is 1. The third kappa shape index (κ3) is 1.62. The highest BCUT2D eigenvalue weighted by Gasteiger charge is 2.41. The maximum Gasteiger partial charge on any atom is 0.0184 e. The van der Waals surface area contributed by atoms with Crippen LogP contribution in [0.2, 0.25) is 0 Å². The van der Waals surface area contributed by atoms with E-state index < -0.39 is 0 Å².